The van der Waals surface area contributed by atoms with E-state index in [0.29, 0.717) is 30.2 Å². The van der Waals surface area contributed by atoms with Crippen LogP contribution in [0.1, 0.15) is 57.5 Å². The highest BCUT2D eigenvalue weighted by Crippen LogP contribution is 2.37. The molecule has 3 heterocycles. The minimum absolute atomic E-state index is 0.110. The van der Waals surface area contributed by atoms with E-state index in [-0.39, 0.29) is 29.8 Å². The fraction of sp³-hybridized carbons (Fsp3) is 0.400. The molecule has 11 nitrogen and oxygen atoms in total. The number of fused-ring (bicyclic) bond motifs is 1. The van der Waals surface area contributed by atoms with Crippen LogP contribution < -0.4 is 10.5 Å². The molecule has 4 N–H and O–H groups in total. The molecule has 1 fully saturated rings. The van der Waals surface area contributed by atoms with Gasteiger partial charge in [0, 0.05) is 28.7 Å². The first-order valence-electron chi connectivity index (χ1n) is 12.1. The van der Waals surface area contributed by atoms with Gasteiger partial charge in [0.15, 0.2) is 5.76 Å². The van der Waals surface area contributed by atoms with Crippen molar-refractivity contribution in [3.05, 3.63) is 75.6 Å². The summed E-state index contributed by atoms with van der Waals surface area (Å²) < 4.78 is 38.8. The second-order valence-electron chi connectivity index (χ2n) is 9.50. The van der Waals surface area contributed by atoms with E-state index < -0.39 is 34.2 Å². The number of ether oxygens (including phenoxy) is 1. The third-order valence-electron chi connectivity index (χ3n) is 6.91. The zero-order chi connectivity index (χ0) is 27.0. The fourth-order valence-electron chi connectivity index (χ4n) is 5.06. The number of carbonyl (C=O) groups is 1. The summed E-state index contributed by atoms with van der Waals surface area (Å²) in [5.41, 5.74) is 3.01. The van der Waals surface area contributed by atoms with Crippen LogP contribution in [0.25, 0.3) is 0 Å². The highest BCUT2D eigenvalue weighted by Gasteiger charge is 2.35. The number of hydrogen-bond acceptors (Lipinski definition) is 10. The normalized spacial score (nSPS) is 23.3. The summed E-state index contributed by atoms with van der Waals surface area (Å²) in [6.07, 6.45) is 2.95. The van der Waals surface area contributed by atoms with Gasteiger partial charge in [0.05, 0.1) is 24.9 Å². The standard InChI is InChI=1S/C25H27ClN4O7S/c1-13-18(24-19-7-16(26)3-2-14(19)4-5-35-24)9-22(37-13)23(32)20-10-28-12-29-25(20)30-17-6-15(21(31)8-17)11-36-38(27,33)34/h2-3,7,9-10,12,15,17,21,24,31H,4-6,8,11H2,1H3,(H2,27,33,34)(H,28,29,30)/t15-,17-,21+,24-/m1/s1. The molecule has 2 aliphatic rings. The molecular formula is C25H27ClN4O7S. The summed E-state index contributed by atoms with van der Waals surface area (Å²) in [5, 5.41) is 19.0. The first-order valence-corrected chi connectivity index (χ1v) is 13.9. The quantitative estimate of drug-likeness (QED) is 0.347. The highest BCUT2D eigenvalue weighted by atomic mass is 35.5. The maximum atomic E-state index is 13.5. The van der Waals surface area contributed by atoms with Crippen molar-refractivity contribution in [1.29, 1.82) is 0 Å². The molecule has 1 aromatic carbocycles. The van der Waals surface area contributed by atoms with Gasteiger partial charge in [-0.25, -0.2) is 15.1 Å². The third kappa shape index (κ3) is 5.75. The van der Waals surface area contributed by atoms with Crippen LogP contribution >= 0.6 is 11.6 Å². The van der Waals surface area contributed by atoms with Crippen LogP contribution in [0.15, 0.2) is 41.2 Å². The maximum Gasteiger partial charge on any atom is 0.333 e. The van der Waals surface area contributed by atoms with Crippen molar-refractivity contribution < 1.29 is 31.7 Å². The molecule has 0 spiro atoms. The number of hydrogen-bond donors (Lipinski definition) is 3. The molecule has 4 atom stereocenters. The Morgan fingerprint density at radius 1 is 1.29 bits per heavy atom. The van der Waals surface area contributed by atoms with Gasteiger partial charge in [0.25, 0.3) is 0 Å². The molecule has 0 unspecified atom stereocenters. The Morgan fingerprint density at radius 2 is 2.11 bits per heavy atom. The number of aryl methyl sites for hydroxylation is 1. The average Bonchev–Trinajstić information content (AvgIpc) is 3.43. The van der Waals surface area contributed by atoms with Crippen molar-refractivity contribution in [2.75, 3.05) is 18.5 Å². The minimum atomic E-state index is -4.11. The van der Waals surface area contributed by atoms with E-state index in [1.54, 1.807) is 13.0 Å². The largest absolute Gasteiger partial charge is 0.457 e. The van der Waals surface area contributed by atoms with Gasteiger partial charge in [0.2, 0.25) is 5.78 Å². The number of anilines is 1. The Balaban J connectivity index is 1.35. The number of ketones is 1. The Kier molecular flexibility index (Phi) is 7.54. The Labute approximate surface area is 224 Å². The van der Waals surface area contributed by atoms with Gasteiger partial charge in [-0.1, -0.05) is 17.7 Å². The SMILES string of the molecule is Cc1oc(C(=O)c2cncnc2N[C@@H]2C[C@H](COS(N)(=O)=O)[C@@H](O)C2)cc1[C@H]1OCCc2ccc(Cl)cc21. The molecule has 5 rings (SSSR count). The van der Waals surface area contributed by atoms with E-state index in [1.165, 1.54) is 12.5 Å². The van der Waals surface area contributed by atoms with Crippen LogP contribution in [-0.4, -0.2) is 54.6 Å². The molecule has 1 aliphatic heterocycles. The van der Waals surface area contributed by atoms with Crippen molar-refractivity contribution in [3.63, 3.8) is 0 Å². The average molecular weight is 563 g/mol. The van der Waals surface area contributed by atoms with Gasteiger partial charge in [-0.05, 0) is 55.5 Å². The van der Waals surface area contributed by atoms with Crippen LogP contribution in [0.4, 0.5) is 5.82 Å². The summed E-state index contributed by atoms with van der Waals surface area (Å²) in [7, 11) is -4.11. The second-order valence-corrected chi connectivity index (χ2v) is 11.2. The lowest BCUT2D eigenvalue weighted by Crippen LogP contribution is -2.24. The number of aliphatic hydroxyl groups excluding tert-OH is 1. The van der Waals surface area contributed by atoms with Crippen molar-refractivity contribution >= 4 is 33.5 Å². The Bertz CT molecular complexity index is 1460. The van der Waals surface area contributed by atoms with Crippen LogP contribution in [0.3, 0.4) is 0 Å². The fourth-order valence-corrected chi connectivity index (χ4v) is 5.60. The van der Waals surface area contributed by atoms with Crippen molar-refractivity contribution in [2.45, 2.75) is 44.4 Å². The lowest BCUT2D eigenvalue weighted by molar-refractivity contribution is 0.0689. The maximum absolute atomic E-state index is 13.5. The smallest absolute Gasteiger partial charge is 0.333 e. The lowest BCUT2D eigenvalue weighted by atomic mass is 9.93. The number of halogens is 1. The number of benzene rings is 1. The van der Waals surface area contributed by atoms with E-state index in [9.17, 15) is 18.3 Å². The first-order chi connectivity index (χ1) is 18.1. The van der Waals surface area contributed by atoms with Gasteiger partial charge in [-0.2, -0.15) is 8.42 Å². The third-order valence-corrected chi connectivity index (χ3v) is 7.61. The van der Waals surface area contributed by atoms with E-state index in [4.69, 9.17) is 25.9 Å². The van der Waals surface area contributed by atoms with Crippen LogP contribution in [-0.2, 0) is 25.6 Å². The summed E-state index contributed by atoms with van der Waals surface area (Å²) in [5.74, 6) is 0.0659. The number of nitrogens with two attached hydrogens (primary N) is 1. The molecule has 2 aromatic heterocycles. The highest BCUT2D eigenvalue weighted by molar-refractivity contribution is 7.84. The van der Waals surface area contributed by atoms with E-state index in [1.807, 2.05) is 18.2 Å². The number of carbonyl (C=O) groups excluding carboxylic acids is 1. The predicted molar refractivity (Wildman–Crippen MR) is 137 cm³/mol. The number of rotatable bonds is 8. The monoisotopic (exact) mass is 562 g/mol. The Hall–Kier alpha value is -2.87. The molecule has 0 saturated heterocycles. The summed E-state index contributed by atoms with van der Waals surface area (Å²) >= 11 is 6.24. The molecule has 1 saturated carbocycles. The molecule has 0 bridgehead atoms. The van der Waals surface area contributed by atoms with E-state index in [2.05, 4.69) is 19.5 Å². The molecule has 1 aliphatic carbocycles. The number of aliphatic hydroxyl groups is 1. The zero-order valence-electron chi connectivity index (χ0n) is 20.5. The van der Waals surface area contributed by atoms with Crippen LogP contribution in [0.2, 0.25) is 5.02 Å². The Morgan fingerprint density at radius 3 is 2.89 bits per heavy atom. The van der Waals surface area contributed by atoms with Crippen molar-refractivity contribution in [2.24, 2.45) is 11.1 Å². The van der Waals surface area contributed by atoms with Crippen LogP contribution in [0.5, 0.6) is 0 Å². The number of furan rings is 1. The molecular weight excluding hydrogens is 536 g/mol. The zero-order valence-corrected chi connectivity index (χ0v) is 22.0. The molecule has 13 heteroatoms. The van der Waals surface area contributed by atoms with E-state index >= 15 is 0 Å². The molecule has 0 radical (unpaired) electrons. The summed E-state index contributed by atoms with van der Waals surface area (Å²) in [6.45, 7) is 2.07. The lowest BCUT2D eigenvalue weighted by Gasteiger charge is -2.26. The topological polar surface area (TPSA) is 167 Å². The summed E-state index contributed by atoms with van der Waals surface area (Å²) in [6, 6.07) is 7.10. The van der Waals surface area contributed by atoms with Gasteiger partial charge in [0.1, 0.15) is 24.0 Å². The number of aromatic nitrogens is 2. The summed E-state index contributed by atoms with van der Waals surface area (Å²) in [4.78, 5) is 21.7. The van der Waals surface area contributed by atoms with Crippen molar-refractivity contribution in [1.82, 2.24) is 9.97 Å². The second kappa shape index (κ2) is 10.7. The predicted octanol–water partition coefficient (Wildman–Crippen LogP) is 2.70. The molecule has 38 heavy (non-hydrogen) atoms. The van der Waals surface area contributed by atoms with Crippen molar-refractivity contribution in [3.8, 4) is 0 Å². The van der Waals surface area contributed by atoms with Crippen LogP contribution in [0, 0.1) is 12.8 Å². The number of nitrogens with zero attached hydrogens (tertiary/aromatic N) is 2. The van der Waals surface area contributed by atoms with Gasteiger partial charge >= 0.3 is 10.3 Å². The van der Waals surface area contributed by atoms with Gasteiger partial charge in [-0.15, -0.1) is 0 Å². The molecule has 202 valence electrons. The number of nitrogens with one attached hydrogen (secondary N) is 1. The minimum Gasteiger partial charge on any atom is -0.457 e. The van der Waals surface area contributed by atoms with Gasteiger partial charge in [-0.3, -0.25) is 8.98 Å². The molecule has 3 aromatic rings. The first kappa shape index (κ1) is 26.7. The van der Waals surface area contributed by atoms with Gasteiger partial charge < -0.3 is 19.6 Å². The van der Waals surface area contributed by atoms with E-state index in [0.717, 1.165) is 23.1 Å². The molecule has 0 amide bonds.